The van der Waals surface area contributed by atoms with Crippen LogP contribution in [0.15, 0.2) is 54.6 Å². The molecule has 1 aliphatic rings. The molecule has 6 heteroatoms. The van der Waals surface area contributed by atoms with Gasteiger partial charge < -0.3 is 14.4 Å². The van der Waals surface area contributed by atoms with Gasteiger partial charge >= 0.3 is 6.09 Å². The van der Waals surface area contributed by atoms with E-state index in [-0.39, 0.29) is 6.09 Å². The van der Waals surface area contributed by atoms with Crippen LogP contribution in [0.2, 0.25) is 5.02 Å². The van der Waals surface area contributed by atoms with Gasteiger partial charge in [-0.1, -0.05) is 29.8 Å². The zero-order chi connectivity index (χ0) is 18.2. The maximum absolute atomic E-state index is 12.3. The Labute approximate surface area is 159 Å². The van der Waals surface area contributed by atoms with Gasteiger partial charge in [-0.3, -0.25) is 4.90 Å². The third-order valence-electron chi connectivity index (χ3n) is 4.28. The number of rotatable bonds is 5. The summed E-state index contributed by atoms with van der Waals surface area (Å²) in [7, 11) is 0. The number of halogens is 1. The van der Waals surface area contributed by atoms with Gasteiger partial charge in [0.25, 0.3) is 0 Å². The van der Waals surface area contributed by atoms with Crippen LogP contribution in [0.3, 0.4) is 0 Å². The number of carbonyl (C=O) groups excluding carboxylic acids is 1. The van der Waals surface area contributed by atoms with Crippen molar-refractivity contribution in [3.8, 4) is 11.5 Å². The molecular weight excluding hydrogens is 352 g/mol. The summed E-state index contributed by atoms with van der Waals surface area (Å²) in [4.78, 5) is 16.4. The molecule has 2 aromatic rings. The SMILES string of the molecule is O=C(Oc1ccccc1)N1CCCN(CCOc2ccc(Cl)cc2)CC1. The van der Waals surface area contributed by atoms with Crippen molar-refractivity contribution in [3.63, 3.8) is 0 Å². The van der Waals surface area contributed by atoms with Crippen molar-refractivity contribution in [2.24, 2.45) is 0 Å². The maximum Gasteiger partial charge on any atom is 0.415 e. The van der Waals surface area contributed by atoms with E-state index < -0.39 is 0 Å². The third-order valence-corrected chi connectivity index (χ3v) is 4.54. The molecule has 1 fully saturated rings. The predicted octanol–water partition coefficient (Wildman–Crippen LogP) is 3.93. The van der Waals surface area contributed by atoms with Crippen LogP contribution in [0.4, 0.5) is 4.79 Å². The van der Waals surface area contributed by atoms with Crippen molar-refractivity contribution in [1.29, 1.82) is 0 Å². The first-order valence-corrected chi connectivity index (χ1v) is 9.21. The number of benzene rings is 2. The largest absolute Gasteiger partial charge is 0.492 e. The van der Waals surface area contributed by atoms with E-state index in [1.807, 2.05) is 42.5 Å². The lowest BCUT2D eigenvalue weighted by molar-refractivity contribution is 0.152. The smallest absolute Gasteiger partial charge is 0.415 e. The molecule has 3 rings (SSSR count). The van der Waals surface area contributed by atoms with E-state index >= 15 is 0 Å². The molecule has 1 saturated heterocycles. The molecule has 2 aromatic carbocycles. The van der Waals surface area contributed by atoms with Crippen molar-refractivity contribution < 1.29 is 14.3 Å². The van der Waals surface area contributed by atoms with Crippen LogP contribution in [0, 0.1) is 0 Å². The van der Waals surface area contributed by atoms with Crippen molar-refractivity contribution in [1.82, 2.24) is 9.80 Å². The average Bonchev–Trinajstić information content (AvgIpc) is 2.90. The second-order valence-corrected chi connectivity index (χ2v) is 6.60. The summed E-state index contributed by atoms with van der Waals surface area (Å²) in [6.45, 7) is 4.56. The highest BCUT2D eigenvalue weighted by molar-refractivity contribution is 6.30. The van der Waals surface area contributed by atoms with E-state index in [2.05, 4.69) is 4.90 Å². The topological polar surface area (TPSA) is 42.0 Å². The minimum atomic E-state index is -0.282. The fourth-order valence-electron chi connectivity index (χ4n) is 2.85. The Hall–Kier alpha value is -2.24. The molecule has 0 N–H and O–H groups in total. The van der Waals surface area contributed by atoms with E-state index in [1.165, 1.54) is 0 Å². The lowest BCUT2D eigenvalue weighted by atomic mass is 10.3. The summed E-state index contributed by atoms with van der Waals surface area (Å²) >= 11 is 5.87. The molecule has 0 atom stereocenters. The molecule has 0 aliphatic carbocycles. The molecule has 1 aliphatic heterocycles. The Morgan fingerprint density at radius 2 is 1.69 bits per heavy atom. The number of ether oxygens (including phenoxy) is 2. The number of para-hydroxylation sites is 1. The van der Waals surface area contributed by atoms with Crippen molar-refractivity contribution in [2.45, 2.75) is 6.42 Å². The summed E-state index contributed by atoms with van der Waals surface area (Å²) < 4.78 is 11.2. The van der Waals surface area contributed by atoms with Crippen molar-refractivity contribution in [3.05, 3.63) is 59.6 Å². The molecule has 26 heavy (non-hydrogen) atoms. The van der Waals surface area contributed by atoms with E-state index in [0.29, 0.717) is 30.5 Å². The quantitative estimate of drug-likeness (QED) is 0.795. The highest BCUT2D eigenvalue weighted by atomic mass is 35.5. The molecule has 0 saturated carbocycles. The lowest BCUT2D eigenvalue weighted by Crippen LogP contribution is -2.37. The average molecular weight is 375 g/mol. The van der Waals surface area contributed by atoms with Gasteiger partial charge in [-0.15, -0.1) is 0 Å². The van der Waals surface area contributed by atoms with Crippen LogP contribution < -0.4 is 9.47 Å². The summed E-state index contributed by atoms with van der Waals surface area (Å²) in [5, 5.41) is 0.701. The number of amides is 1. The molecule has 1 amide bonds. The summed E-state index contributed by atoms with van der Waals surface area (Å²) in [5.41, 5.74) is 0. The van der Waals surface area contributed by atoms with Crippen LogP contribution in [-0.4, -0.2) is 55.2 Å². The standard InChI is InChI=1S/C20H23ClN2O3/c21-17-7-9-18(10-8-17)25-16-15-22-11-4-12-23(14-13-22)20(24)26-19-5-2-1-3-6-19/h1-3,5-10H,4,11-16H2. The van der Waals surface area contributed by atoms with Crippen LogP contribution in [-0.2, 0) is 0 Å². The Morgan fingerprint density at radius 3 is 2.46 bits per heavy atom. The molecule has 0 unspecified atom stereocenters. The first-order chi connectivity index (χ1) is 12.7. The van der Waals surface area contributed by atoms with E-state index in [9.17, 15) is 4.79 Å². The first kappa shape index (κ1) is 18.5. The van der Waals surface area contributed by atoms with Crippen LogP contribution >= 0.6 is 11.6 Å². The van der Waals surface area contributed by atoms with E-state index in [4.69, 9.17) is 21.1 Å². The minimum Gasteiger partial charge on any atom is -0.492 e. The molecule has 138 valence electrons. The third kappa shape index (κ3) is 5.64. The zero-order valence-electron chi connectivity index (χ0n) is 14.6. The van der Waals surface area contributed by atoms with E-state index in [1.54, 1.807) is 17.0 Å². The van der Waals surface area contributed by atoms with Crippen LogP contribution in [0.1, 0.15) is 6.42 Å². The monoisotopic (exact) mass is 374 g/mol. The van der Waals surface area contributed by atoms with Gasteiger partial charge in [0.05, 0.1) is 0 Å². The maximum atomic E-state index is 12.3. The van der Waals surface area contributed by atoms with Gasteiger partial charge in [0.2, 0.25) is 0 Å². The Morgan fingerprint density at radius 1 is 0.923 bits per heavy atom. The highest BCUT2D eigenvalue weighted by Gasteiger charge is 2.20. The number of hydrogen-bond donors (Lipinski definition) is 0. The Kier molecular flexibility index (Phi) is 6.75. The van der Waals surface area contributed by atoms with Gasteiger partial charge in [-0.25, -0.2) is 4.79 Å². The van der Waals surface area contributed by atoms with Gasteiger partial charge in [0.1, 0.15) is 18.1 Å². The Bertz CT molecular complexity index is 694. The number of carbonyl (C=O) groups is 1. The molecule has 0 spiro atoms. The highest BCUT2D eigenvalue weighted by Crippen LogP contribution is 2.16. The van der Waals surface area contributed by atoms with Crippen LogP contribution in [0.5, 0.6) is 11.5 Å². The van der Waals surface area contributed by atoms with Gasteiger partial charge in [-0.2, -0.15) is 0 Å². The van der Waals surface area contributed by atoms with Gasteiger partial charge in [0, 0.05) is 37.7 Å². The minimum absolute atomic E-state index is 0.282. The van der Waals surface area contributed by atoms with Crippen LogP contribution in [0.25, 0.3) is 0 Å². The zero-order valence-corrected chi connectivity index (χ0v) is 15.4. The molecule has 0 radical (unpaired) electrons. The second kappa shape index (κ2) is 9.46. The summed E-state index contributed by atoms with van der Waals surface area (Å²) in [6.07, 6.45) is 0.639. The lowest BCUT2D eigenvalue weighted by Gasteiger charge is -2.21. The normalized spacial score (nSPS) is 15.3. The Balaban J connectivity index is 1.41. The van der Waals surface area contributed by atoms with Crippen molar-refractivity contribution in [2.75, 3.05) is 39.3 Å². The fourth-order valence-corrected chi connectivity index (χ4v) is 2.98. The molecule has 0 aromatic heterocycles. The summed E-state index contributed by atoms with van der Waals surface area (Å²) in [6, 6.07) is 16.6. The first-order valence-electron chi connectivity index (χ1n) is 8.83. The number of nitrogens with zero attached hydrogens (tertiary/aromatic N) is 2. The van der Waals surface area contributed by atoms with Gasteiger partial charge in [0.15, 0.2) is 0 Å². The van der Waals surface area contributed by atoms with E-state index in [0.717, 1.165) is 31.8 Å². The molecular formula is C20H23ClN2O3. The fraction of sp³-hybridized carbons (Fsp3) is 0.350. The molecule has 1 heterocycles. The van der Waals surface area contributed by atoms with Crippen molar-refractivity contribution >= 4 is 17.7 Å². The second-order valence-electron chi connectivity index (χ2n) is 6.17. The predicted molar refractivity (Wildman–Crippen MR) is 102 cm³/mol. The number of hydrogen-bond acceptors (Lipinski definition) is 4. The molecule has 5 nitrogen and oxygen atoms in total. The van der Waals surface area contributed by atoms with Gasteiger partial charge in [-0.05, 0) is 42.8 Å². The molecule has 0 bridgehead atoms. The summed E-state index contributed by atoms with van der Waals surface area (Å²) in [5.74, 6) is 1.40.